The molecule has 19 heavy (non-hydrogen) atoms. The topological polar surface area (TPSA) is 12.0 Å². The number of rotatable bonds is 5. The number of benzene rings is 1. The molecule has 2 aromatic rings. The van der Waals surface area contributed by atoms with Gasteiger partial charge in [0, 0.05) is 20.3 Å². The standard InChI is InChI=1S/C16H20BrNS/c1-4-14(18-5-2)16-9-8-15(19-16)13-10-12(17)7-6-11(13)3/h6-10,14,18H,4-5H2,1-3H3. The Kier molecular flexibility index (Phi) is 5.20. The number of aryl methyl sites for hydroxylation is 1. The van der Waals surface area contributed by atoms with Crippen LogP contribution in [0.1, 0.15) is 36.8 Å². The summed E-state index contributed by atoms with van der Waals surface area (Å²) < 4.78 is 1.14. The lowest BCUT2D eigenvalue weighted by Crippen LogP contribution is -2.18. The lowest BCUT2D eigenvalue weighted by Gasteiger charge is -2.13. The van der Waals surface area contributed by atoms with E-state index in [0.717, 1.165) is 17.4 Å². The molecule has 0 aliphatic heterocycles. The number of nitrogens with one attached hydrogen (secondary N) is 1. The summed E-state index contributed by atoms with van der Waals surface area (Å²) in [5.41, 5.74) is 2.66. The summed E-state index contributed by atoms with van der Waals surface area (Å²) in [5.74, 6) is 0. The highest BCUT2D eigenvalue weighted by Crippen LogP contribution is 2.35. The minimum atomic E-state index is 0.483. The van der Waals surface area contributed by atoms with Crippen LogP contribution in [0.25, 0.3) is 10.4 Å². The highest BCUT2D eigenvalue weighted by atomic mass is 79.9. The summed E-state index contributed by atoms with van der Waals surface area (Å²) in [6.07, 6.45) is 1.13. The fourth-order valence-electron chi connectivity index (χ4n) is 2.24. The number of hydrogen-bond acceptors (Lipinski definition) is 2. The molecule has 0 saturated carbocycles. The average molecular weight is 338 g/mol. The van der Waals surface area contributed by atoms with E-state index >= 15 is 0 Å². The molecule has 0 aliphatic rings. The first-order valence-corrected chi connectivity index (χ1v) is 8.36. The third kappa shape index (κ3) is 3.47. The van der Waals surface area contributed by atoms with Crippen LogP contribution in [0.3, 0.4) is 0 Å². The average Bonchev–Trinajstić information content (AvgIpc) is 2.88. The van der Waals surface area contributed by atoms with Gasteiger partial charge in [-0.05, 0) is 55.3 Å². The van der Waals surface area contributed by atoms with Crippen LogP contribution in [-0.2, 0) is 0 Å². The molecule has 1 heterocycles. The van der Waals surface area contributed by atoms with Crippen molar-refractivity contribution < 1.29 is 0 Å². The quantitative estimate of drug-likeness (QED) is 0.754. The molecule has 0 saturated heterocycles. The fourth-order valence-corrected chi connectivity index (χ4v) is 3.85. The molecule has 3 heteroatoms. The van der Waals surface area contributed by atoms with E-state index in [0.29, 0.717) is 6.04 Å². The van der Waals surface area contributed by atoms with E-state index < -0.39 is 0 Å². The SMILES string of the molecule is CCNC(CC)c1ccc(-c2cc(Br)ccc2C)s1. The van der Waals surface area contributed by atoms with Crippen molar-refractivity contribution in [1.29, 1.82) is 0 Å². The molecule has 0 aliphatic carbocycles. The molecule has 1 N–H and O–H groups in total. The van der Waals surface area contributed by atoms with Gasteiger partial charge in [0.25, 0.3) is 0 Å². The van der Waals surface area contributed by atoms with Crippen LogP contribution in [0.15, 0.2) is 34.8 Å². The molecule has 0 amide bonds. The highest BCUT2D eigenvalue weighted by Gasteiger charge is 2.12. The van der Waals surface area contributed by atoms with Crippen LogP contribution in [0.4, 0.5) is 0 Å². The second-order valence-electron chi connectivity index (χ2n) is 4.68. The maximum Gasteiger partial charge on any atom is 0.0412 e. The Morgan fingerprint density at radius 2 is 2.00 bits per heavy atom. The van der Waals surface area contributed by atoms with Crippen LogP contribution in [0.5, 0.6) is 0 Å². The van der Waals surface area contributed by atoms with E-state index in [2.05, 4.69) is 72.3 Å². The molecule has 0 bridgehead atoms. The lowest BCUT2D eigenvalue weighted by molar-refractivity contribution is 0.545. The first-order chi connectivity index (χ1) is 9.15. The molecule has 2 rings (SSSR count). The highest BCUT2D eigenvalue weighted by molar-refractivity contribution is 9.10. The van der Waals surface area contributed by atoms with Crippen molar-refractivity contribution in [3.63, 3.8) is 0 Å². The van der Waals surface area contributed by atoms with Gasteiger partial charge in [-0.15, -0.1) is 11.3 Å². The Balaban J connectivity index is 2.32. The van der Waals surface area contributed by atoms with E-state index in [1.165, 1.54) is 20.9 Å². The van der Waals surface area contributed by atoms with Crippen LogP contribution >= 0.6 is 27.3 Å². The van der Waals surface area contributed by atoms with E-state index in [4.69, 9.17) is 0 Å². The van der Waals surface area contributed by atoms with Crippen molar-refractivity contribution in [3.05, 3.63) is 45.2 Å². The summed E-state index contributed by atoms with van der Waals surface area (Å²) >= 11 is 5.46. The number of thiophene rings is 1. The lowest BCUT2D eigenvalue weighted by atomic mass is 10.1. The van der Waals surface area contributed by atoms with Gasteiger partial charge in [0.15, 0.2) is 0 Å². The van der Waals surface area contributed by atoms with Crippen LogP contribution in [0.2, 0.25) is 0 Å². The predicted molar refractivity (Wildman–Crippen MR) is 88.9 cm³/mol. The van der Waals surface area contributed by atoms with Crippen molar-refractivity contribution in [3.8, 4) is 10.4 Å². The Bertz CT molecular complexity index is 547. The maximum atomic E-state index is 3.56. The van der Waals surface area contributed by atoms with Gasteiger partial charge in [-0.1, -0.05) is 35.8 Å². The van der Waals surface area contributed by atoms with Gasteiger partial charge in [0.2, 0.25) is 0 Å². The Morgan fingerprint density at radius 3 is 2.68 bits per heavy atom. The van der Waals surface area contributed by atoms with Gasteiger partial charge in [0.1, 0.15) is 0 Å². The van der Waals surface area contributed by atoms with Gasteiger partial charge in [0.05, 0.1) is 0 Å². The van der Waals surface area contributed by atoms with Gasteiger partial charge in [-0.2, -0.15) is 0 Å². The van der Waals surface area contributed by atoms with Gasteiger partial charge in [-0.25, -0.2) is 0 Å². The molecule has 1 aromatic heterocycles. The second-order valence-corrected chi connectivity index (χ2v) is 6.71. The van der Waals surface area contributed by atoms with Crippen molar-refractivity contribution in [2.75, 3.05) is 6.54 Å². The Morgan fingerprint density at radius 1 is 1.21 bits per heavy atom. The number of hydrogen-bond donors (Lipinski definition) is 1. The summed E-state index contributed by atoms with van der Waals surface area (Å²) in [4.78, 5) is 2.78. The normalized spacial score (nSPS) is 12.6. The summed E-state index contributed by atoms with van der Waals surface area (Å²) in [5, 5.41) is 3.54. The van der Waals surface area contributed by atoms with Crippen molar-refractivity contribution in [1.82, 2.24) is 5.32 Å². The Labute approximate surface area is 128 Å². The van der Waals surface area contributed by atoms with E-state index in [1.807, 2.05) is 11.3 Å². The molecular weight excluding hydrogens is 318 g/mol. The van der Waals surface area contributed by atoms with E-state index in [-0.39, 0.29) is 0 Å². The predicted octanol–water partition coefficient (Wildman–Crippen LogP) is 5.55. The van der Waals surface area contributed by atoms with E-state index in [1.54, 1.807) is 0 Å². The monoisotopic (exact) mass is 337 g/mol. The van der Waals surface area contributed by atoms with E-state index in [9.17, 15) is 0 Å². The van der Waals surface area contributed by atoms with Crippen molar-refractivity contribution >= 4 is 27.3 Å². The summed E-state index contributed by atoms with van der Waals surface area (Å²) in [6.45, 7) is 7.58. The van der Waals surface area contributed by atoms with Crippen LogP contribution in [-0.4, -0.2) is 6.54 Å². The number of halogens is 1. The minimum Gasteiger partial charge on any atom is -0.310 e. The molecule has 1 unspecified atom stereocenters. The molecule has 102 valence electrons. The second kappa shape index (κ2) is 6.69. The molecule has 0 fully saturated rings. The largest absolute Gasteiger partial charge is 0.310 e. The summed E-state index contributed by atoms with van der Waals surface area (Å²) in [6, 6.07) is 11.5. The first kappa shape index (κ1) is 14.8. The van der Waals surface area contributed by atoms with Gasteiger partial charge >= 0.3 is 0 Å². The van der Waals surface area contributed by atoms with Gasteiger partial charge < -0.3 is 5.32 Å². The molecular formula is C16H20BrNS. The third-order valence-electron chi connectivity index (χ3n) is 3.29. The zero-order valence-electron chi connectivity index (χ0n) is 11.7. The van der Waals surface area contributed by atoms with Gasteiger partial charge in [-0.3, -0.25) is 0 Å². The smallest absolute Gasteiger partial charge is 0.0412 e. The minimum absolute atomic E-state index is 0.483. The zero-order chi connectivity index (χ0) is 13.8. The molecule has 1 nitrogen and oxygen atoms in total. The Hall–Kier alpha value is -0.640. The van der Waals surface area contributed by atoms with Crippen LogP contribution < -0.4 is 5.32 Å². The molecule has 1 aromatic carbocycles. The summed E-state index contributed by atoms with van der Waals surface area (Å²) in [7, 11) is 0. The first-order valence-electron chi connectivity index (χ1n) is 6.75. The van der Waals surface area contributed by atoms with Crippen LogP contribution in [0, 0.1) is 6.92 Å². The molecule has 0 spiro atoms. The molecule has 0 radical (unpaired) electrons. The van der Waals surface area contributed by atoms with Crippen molar-refractivity contribution in [2.45, 2.75) is 33.2 Å². The fraction of sp³-hybridized carbons (Fsp3) is 0.375. The zero-order valence-corrected chi connectivity index (χ0v) is 14.1. The van der Waals surface area contributed by atoms with Crippen molar-refractivity contribution in [2.24, 2.45) is 0 Å². The maximum absolute atomic E-state index is 3.56. The third-order valence-corrected chi connectivity index (χ3v) is 5.02. The molecule has 1 atom stereocenters.